The molecule has 0 aliphatic heterocycles. The van der Waals surface area contributed by atoms with Gasteiger partial charge in [-0.05, 0) is 28.1 Å². The average molecular weight is 318 g/mol. The minimum absolute atomic E-state index is 0.819. The molecule has 0 fully saturated rings. The Morgan fingerprint density at radius 2 is 2.21 bits per heavy atom. The smallest absolute Gasteiger partial charge is 0.112 e. The highest BCUT2D eigenvalue weighted by Gasteiger charge is 2.03. The van der Waals surface area contributed by atoms with Crippen molar-refractivity contribution in [2.45, 2.75) is 6.42 Å². The van der Waals surface area contributed by atoms with Gasteiger partial charge in [0.25, 0.3) is 0 Å². The number of hydrogen-bond donors (Lipinski definition) is 2. The molecule has 3 aromatic heterocycles. The summed E-state index contributed by atoms with van der Waals surface area (Å²) in [5, 5.41) is 3.38. The number of fused-ring (bicyclic) bond motifs is 1. The minimum atomic E-state index is 0.819. The molecule has 0 bridgehead atoms. The number of halogens is 1. The number of imidazole rings is 1. The number of H-pyrrole nitrogens is 1. The summed E-state index contributed by atoms with van der Waals surface area (Å²) in [5.74, 6) is 0. The van der Waals surface area contributed by atoms with Crippen molar-refractivity contribution in [3.63, 3.8) is 0 Å². The van der Waals surface area contributed by atoms with Crippen LogP contribution in [0.2, 0.25) is 0 Å². The predicted octanol–water partition coefficient (Wildman–Crippen LogP) is 2.77. The maximum absolute atomic E-state index is 4.40. The van der Waals surface area contributed by atoms with E-state index in [0.29, 0.717) is 0 Å². The lowest BCUT2D eigenvalue weighted by Crippen LogP contribution is -2.06. The lowest BCUT2D eigenvalue weighted by atomic mass is 10.2. The molecule has 3 aromatic rings. The molecule has 0 aromatic carbocycles. The van der Waals surface area contributed by atoms with Gasteiger partial charge in [-0.25, -0.2) is 4.98 Å². The van der Waals surface area contributed by atoms with E-state index in [1.807, 2.05) is 18.3 Å². The third-order valence-electron chi connectivity index (χ3n) is 2.81. The molecule has 5 nitrogen and oxygen atoms in total. The molecule has 0 radical (unpaired) electrons. The molecule has 0 unspecified atom stereocenters. The monoisotopic (exact) mass is 317 g/mol. The fraction of sp³-hybridized carbons (Fsp3) is 0.154. The summed E-state index contributed by atoms with van der Waals surface area (Å²) in [6.45, 7) is 0.819. The number of rotatable bonds is 4. The number of nitrogens with one attached hydrogen (secondary N) is 2. The van der Waals surface area contributed by atoms with E-state index in [1.165, 1.54) is 0 Å². The molecule has 3 heterocycles. The lowest BCUT2D eigenvalue weighted by Gasteiger charge is -2.08. The van der Waals surface area contributed by atoms with Crippen LogP contribution in [0, 0.1) is 0 Å². The largest absolute Gasteiger partial charge is 0.383 e. The predicted molar refractivity (Wildman–Crippen MR) is 78.0 cm³/mol. The zero-order chi connectivity index (χ0) is 13.1. The van der Waals surface area contributed by atoms with Crippen LogP contribution in [0.15, 0.2) is 41.5 Å². The number of hydrogen-bond acceptors (Lipinski definition) is 4. The van der Waals surface area contributed by atoms with Crippen LogP contribution in [-0.4, -0.2) is 26.5 Å². The van der Waals surface area contributed by atoms with Crippen LogP contribution < -0.4 is 5.32 Å². The first-order valence-electron chi connectivity index (χ1n) is 5.94. The second kappa shape index (κ2) is 5.36. The van der Waals surface area contributed by atoms with Gasteiger partial charge >= 0.3 is 0 Å². The van der Waals surface area contributed by atoms with E-state index < -0.39 is 0 Å². The van der Waals surface area contributed by atoms with E-state index in [1.54, 1.807) is 18.7 Å². The number of aromatic amines is 1. The Morgan fingerprint density at radius 3 is 3.05 bits per heavy atom. The summed E-state index contributed by atoms with van der Waals surface area (Å²) >= 11 is 3.40. The summed E-state index contributed by atoms with van der Waals surface area (Å²) in [6, 6.07) is 3.90. The van der Waals surface area contributed by atoms with Crippen molar-refractivity contribution in [2.75, 3.05) is 11.9 Å². The van der Waals surface area contributed by atoms with E-state index in [0.717, 1.165) is 39.9 Å². The van der Waals surface area contributed by atoms with Crippen molar-refractivity contribution in [3.8, 4) is 0 Å². The van der Waals surface area contributed by atoms with Gasteiger partial charge in [0, 0.05) is 41.7 Å². The van der Waals surface area contributed by atoms with Gasteiger partial charge in [-0.3, -0.25) is 9.97 Å². The molecule has 0 saturated heterocycles. The van der Waals surface area contributed by atoms with Crippen LogP contribution in [0.25, 0.3) is 11.0 Å². The van der Waals surface area contributed by atoms with Crippen molar-refractivity contribution in [1.82, 2.24) is 19.9 Å². The fourth-order valence-corrected chi connectivity index (χ4v) is 2.22. The molecule has 96 valence electrons. The Kier molecular flexibility index (Phi) is 3.41. The van der Waals surface area contributed by atoms with Gasteiger partial charge in [0.05, 0.1) is 17.5 Å². The first-order chi connectivity index (χ1) is 9.33. The minimum Gasteiger partial charge on any atom is -0.383 e. The molecule has 19 heavy (non-hydrogen) atoms. The van der Waals surface area contributed by atoms with Crippen LogP contribution in [0.4, 0.5) is 5.69 Å². The Morgan fingerprint density at radius 1 is 1.26 bits per heavy atom. The van der Waals surface area contributed by atoms with Gasteiger partial charge in [-0.1, -0.05) is 0 Å². The molecular weight excluding hydrogens is 306 g/mol. The second-order valence-electron chi connectivity index (χ2n) is 4.13. The van der Waals surface area contributed by atoms with Gasteiger partial charge in [0.2, 0.25) is 0 Å². The fourth-order valence-electron chi connectivity index (χ4n) is 1.90. The van der Waals surface area contributed by atoms with Crippen molar-refractivity contribution in [1.29, 1.82) is 0 Å². The Balaban J connectivity index is 1.77. The molecule has 0 spiro atoms. The van der Waals surface area contributed by atoms with Crippen LogP contribution in [0.5, 0.6) is 0 Å². The third-order valence-corrected chi connectivity index (χ3v) is 3.24. The van der Waals surface area contributed by atoms with Crippen LogP contribution in [0.1, 0.15) is 5.69 Å². The molecule has 0 aliphatic carbocycles. The van der Waals surface area contributed by atoms with Crippen molar-refractivity contribution < 1.29 is 0 Å². The van der Waals surface area contributed by atoms with E-state index in [4.69, 9.17) is 0 Å². The first kappa shape index (κ1) is 12.1. The highest BCUT2D eigenvalue weighted by molar-refractivity contribution is 9.10. The first-order valence-corrected chi connectivity index (χ1v) is 6.73. The zero-order valence-corrected chi connectivity index (χ0v) is 11.7. The molecule has 2 N–H and O–H groups in total. The van der Waals surface area contributed by atoms with Gasteiger partial charge in [0.15, 0.2) is 0 Å². The molecule has 3 rings (SSSR count). The van der Waals surface area contributed by atoms with Crippen LogP contribution in [-0.2, 0) is 6.42 Å². The van der Waals surface area contributed by atoms with E-state index >= 15 is 0 Å². The Labute approximate surface area is 118 Å². The Hall–Kier alpha value is -1.95. The maximum Gasteiger partial charge on any atom is 0.112 e. The normalized spacial score (nSPS) is 10.8. The van der Waals surface area contributed by atoms with E-state index in [2.05, 4.69) is 41.2 Å². The molecule has 6 heteroatoms. The van der Waals surface area contributed by atoms with Crippen molar-refractivity contribution >= 4 is 32.7 Å². The number of aromatic nitrogens is 4. The SMILES string of the molecule is Brc1cnc2c(NCCc3cnc[nH]3)ccnc2c1. The average Bonchev–Trinajstić information content (AvgIpc) is 2.92. The molecule has 0 atom stereocenters. The van der Waals surface area contributed by atoms with E-state index in [-0.39, 0.29) is 0 Å². The molecular formula is C13H12BrN5. The van der Waals surface area contributed by atoms with Gasteiger partial charge in [-0.15, -0.1) is 0 Å². The lowest BCUT2D eigenvalue weighted by molar-refractivity contribution is 0.977. The van der Waals surface area contributed by atoms with E-state index in [9.17, 15) is 0 Å². The number of pyridine rings is 2. The summed E-state index contributed by atoms with van der Waals surface area (Å²) in [5.41, 5.74) is 3.87. The van der Waals surface area contributed by atoms with Gasteiger partial charge in [-0.2, -0.15) is 0 Å². The Bertz CT molecular complexity index is 681. The van der Waals surface area contributed by atoms with Crippen molar-refractivity contribution in [2.24, 2.45) is 0 Å². The molecule has 0 aliphatic rings. The highest BCUT2D eigenvalue weighted by Crippen LogP contribution is 2.21. The molecule has 0 saturated carbocycles. The third kappa shape index (κ3) is 2.73. The highest BCUT2D eigenvalue weighted by atomic mass is 79.9. The van der Waals surface area contributed by atoms with Crippen molar-refractivity contribution in [3.05, 3.63) is 47.2 Å². The summed E-state index contributed by atoms with van der Waals surface area (Å²) in [6.07, 6.45) is 7.98. The van der Waals surface area contributed by atoms with Gasteiger partial charge in [0.1, 0.15) is 5.52 Å². The summed E-state index contributed by atoms with van der Waals surface area (Å²) < 4.78 is 0.933. The standard InChI is InChI=1S/C13H12BrN5/c14-9-5-12-13(18-6-9)11(2-4-17-12)16-3-1-10-7-15-8-19-10/h2,4-8H,1,3H2,(H,15,19)(H,16,17). The van der Waals surface area contributed by atoms with Crippen LogP contribution >= 0.6 is 15.9 Å². The quantitative estimate of drug-likeness (QED) is 0.776. The summed E-state index contributed by atoms with van der Waals surface area (Å²) in [7, 11) is 0. The zero-order valence-electron chi connectivity index (χ0n) is 10.1. The topological polar surface area (TPSA) is 66.5 Å². The van der Waals surface area contributed by atoms with Gasteiger partial charge < -0.3 is 10.3 Å². The number of nitrogens with zero attached hydrogens (tertiary/aromatic N) is 3. The maximum atomic E-state index is 4.40. The van der Waals surface area contributed by atoms with Crippen LogP contribution in [0.3, 0.4) is 0 Å². The summed E-state index contributed by atoms with van der Waals surface area (Å²) in [4.78, 5) is 15.8. The second-order valence-corrected chi connectivity index (χ2v) is 5.05. The number of anilines is 1. The molecule has 0 amide bonds.